The van der Waals surface area contributed by atoms with Crippen molar-refractivity contribution in [3.05, 3.63) is 106 Å². The smallest absolute Gasteiger partial charge is 0.227 e. The largest absolute Gasteiger partial charge is 0.324 e. The van der Waals surface area contributed by atoms with Gasteiger partial charge in [0.25, 0.3) is 0 Å². The van der Waals surface area contributed by atoms with E-state index in [4.69, 9.17) is 21.6 Å². The van der Waals surface area contributed by atoms with Gasteiger partial charge >= 0.3 is 0 Å². The topological polar surface area (TPSA) is 73.7 Å². The second kappa shape index (κ2) is 14.4. The van der Waals surface area contributed by atoms with E-state index in [0.29, 0.717) is 28.8 Å². The Labute approximate surface area is 280 Å². The Kier molecular flexibility index (Phi) is 9.70. The Balaban J connectivity index is 1.02. The van der Waals surface area contributed by atoms with E-state index in [2.05, 4.69) is 20.1 Å². The van der Waals surface area contributed by atoms with E-state index in [9.17, 15) is 9.18 Å². The van der Waals surface area contributed by atoms with Crippen LogP contribution < -0.4 is 5.32 Å². The molecule has 3 aromatic carbocycles. The van der Waals surface area contributed by atoms with Gasteiger partial charge in [-0.2, -0.15) is 0 Å². The van der Waals surface area contributed by atoms with Gasteiger partial charge in [0.05, 0.1) is 18.0 Å². The number of hydrogen-bond donors (Lipinski definition) is 1. The maximum absolute atomic E-state index is 14.9. The van der Waals surface area contributed by atoms with E-state index in [-0.39, 0.29) is 17.5 Å². The van der Waals surface area contributed by atoms with Crippen LogP contribution in [0, 0.1) is 11.7 Å². The van der Waals surface area contributed by atoms with Gasteiger partial charge in [0, 0.05) is 63.7 Å². The highest BCUT2D eigenvalue weighted by atomic mass is 35.5. The number of nitrogens with zero attached hydrogens (tertiary/aromatic N) is 5. The van der Waals surface area contributed by atoms with Crippen molar-refractivity contribution < 1.29 is 9.18 Å². The number of Topliss-reactive ketones (excluding diaryl/α,β-unsaturated/α-hetero) is 1. The van der Waals surface area contributed by atoms with Crippen LogP contribution in [0.5, 0.6) is 0 Å². The molecule has 0 radical (unpaired) electrons. The van der Waals surface area contributed by atoms with Crippen LogP contribution in [0.15, 0.2) is 77.9 Å². The van der Waals surface area contributed by atoms with Gasteiger partial charge in [-0.05, 0) is 107 Å². The van der Waals surface area contributed by atoms with Crippen molar-refractivity contribution >= 4 is 34.7 Å². The van der Waals surface area contributed by atoms with Crippen LogP contribution in [0.1, 0.15) is 65.6 Å². The molecule has 9 heteroatoms. The Bertz CT molecular complexity index is 1770. The van der Waals surface area contributed by atoms with Crippen molar-refractivity contribution in [1.82, 2.24) is 19.8 Å². The fourth-order valence-corrected chi connectivity index (χ4v) is 7.23. The third-order valence-corrected chi connectivity index (χ3v) is 9.93. The molecule has 1 atom stereocenters. The number of carbonyl (C=O) groups excluding carboxylic acids is 1. The number of anilines is 2. The molecule has 4 aromatic rings. The number of rotatable bonds is 8. The van der Waals surface area contributed by atoms with Crippen LogP contribution >= 0.6 is 11.6 Å². The number of aromatic nitrogens is 2. The summed E-state index contributed by atoms with van der Waals surface area (Å²) in [5.74, 6) is 0.373. The molecule has 0 amide bonds. The predicted molar refractivity (Wildman–Crippen MR) is 186 cm³/mol. The van der Waals surface area contributed by atoms with Crippen molar-refractivity contribution in [2.24, 2.45) is 10.9 Å². The van der Waals surface area contributed by atoms with Gasteiger partial charge in [0.1, 0.15) is 5.82 Å². The lowest BCUT2D eigenvalue weighted by molar-refractivity contribution is 0.0907. The third kappa shape index (κ3) is 7.30. The van der Waals surface area contributed by atoms with Crippen molar-refractivity contribution in [2.45, 2.75) is 45.1 Å². The van der Waals surface area contributed by atoms with Gasteiger partial charge in [-0.1, -0.05) is 36.2 Å². The molecule has 3 aliphatic heterocycles. The van der Waals surface area contributed by atoms with Crippen LogP contribution in [-0.2, 0) is 6.54 Å². The molecule has 242 valence electrons. The Morgan fingerprint density at radius 3 is 2.43 bits per heavy atom. The molecule has 1 unspecified atom stereocenters. The number of hydrogen-bond acceptors (Lipinski definition) is 7. The molecular formula is C38H40ClFN6O. The predicted octanol–water partition coefficient (Wildman–Crippen LogP) is 7.80. The van der Waals surface area contributed by atoms with Crippen LogP contribution in [0.2, 0.25) is 5.02 Å². The van der Waals surface area contributed by atoms with Gasteiger partial charge in [-0.25, -0.2) is 14.4 Å². The third-order valence-electron chi connectivity index (χ3n) is 9.69. The number of likely N-dealkylation sites (tertiary alicyclic amines) is 2. The van der Waals surface area contributed by atoms with E-state index >= 15 is 0 Å². The maximum atomic E-state index is 14.9. The van der Waals surface area contributed by atoms with Crippen molar-refractivity contribution in [3.8, 4) is 11.3 Å². The maximum Gasteiger partial charge on any atom is 0.227 e. The van der Waals surface area contributed by atoms with Crippen molar-refractivity contribution in [3.63, 3.8) is 0 Å². The molecular weight excluding hydrogens is 611 g/mol. The standard InChI is InChI=1S/C38H40ClFN6O/c39-29-12-15-31-33(23-29)36(32-8-2-3-9-34(32)40)41-24-28-25-42-38(44-35(28)31)43-30-13-10-27(11-14-30)37(47)26-7-6-19-46(20-16-26)22-21-45-17-4-1-5-18-45/h2-3,8-15,23,25-26H,1,4-7,16-22,24H2,(H,42,43,44). The van der Waals surface area contributed by atoms with Gasteiger partial charge in [0.2, 0.25) is 5.95 Å². The van der Waals surface area contributed by atoms with Crippen molar-refractivity contribution in [1.29, 1.82) is 0 Å². The van der Waals surface area contributed by atoms with Gasteiger partial charge < -0.3 is 15.1 Å². The molecule has 2 saturated heterocycles. The summed E-state index contributed by atoms with van der Waals surface area (Å²) in [4.78, 5) is 32.9. The number of ketones is 1. The van der Waals surface area contributed by atoms with Crippen molar-refractivity contribution in [2.75, 3.05) is 44.6 Å². The van der Waals surface area contributed by atoms with Gasteiger partial charge in [0.15, 0.2) is 5.78 Å². The summed E-state index contributed by atoms with van der Waals surface area (Å²) < 4.78 is 14.9. The quantitative estimate of drug-likeness (QED) is 0.196. The normalized spacial score (nSPS) is 18.8. The number of nitrogens with one attached hydrogen (secondary N) is 1. The summed E-state index contributed by atoms with van der Waals surface area (Å²) in [6, 6.07) is 19.8. The number of piperidine rings is 1. The number of benzene rings is 3. The van der Waals surface area contributed by atoms with Crippen LogP contribution in [0.3, 0.4) is 0 Å². The molecule has 0 spiro atoms. The van der Waals surface area contributed by atoms with E-state index in [1.807, 2.05) is 36.4 Å². The molecule has 1 N–H and O–H groups in total. The number of carbonyl (C=O) groups is 1. The highest BCUT2D eigenvalue weighted by Crippen LogP contribution is 2.34. The fourth-order valence-electron chi connectivity index (χ4n) is 7.06. The summed E-state index contributed by atoms with van der Waals surface area (Å²) in [6.07, 6.45) is 8.69. The Morgan fingerprint density at radius 1 is 0.851 bits per heavy atom. The molecule has 47 heavy (non-hydrogen) atoms. The minimum atomic E-state index is -0.345. The van der Waals surface area contributed by atoms with E-state index < -0.39 is 0 Å². The molecule has 1 aromatic heterocycles. The minimum Gasteiger partial charge on any atom is -0.324 e. The molecule has 4 heterocycles. The van der Waals surface area contributed by atoms with Crippen LogP contribution in [0.4, 0.5) is 16.0 Å². The SMILES string of the molecule is O=C(c1ccc(Nc2ncc3c(n2)-c2ccc(Cl)cc2C(c2ccccc2F)=NC3)cc1)C1CCCN(CCN2CCCCC2)CC1. The lowest BCUT2D eigenvalue weighted by Gasteiger charge is -2.29. The fraction of sp³-hybridized carbons (Fsp3) is 0.368. The summed E-state index contributed by atoms with van der Waals surface area (Å²) in [5, 5.41) is 3.84. The first-order valence-electron chi connectivity index (χ1n) is 16.8. The number of aliphatic imine (C=N–C) groups is 1. The minimum absolute atomic E-state index is 0.0618. The molecule has 0 bridgehead atoms. The first-order valence-corrected chi connectivity index (χ1v) is 17.2. The lowest BCUT2D eigenvalue weighted by Crippen LogP contribution is -2.38. The Hall–Kier alpha value is -3.98. The van der Waals surface area contributed by atoms with E-state index in [1.54, 1.807) is 30.5 Å². The summed E-state index contributed by atoms with van der Waals surface area (Å²) in [5.41, 5.74) is 5.56. The molecule has 0 saturated carbocycles. The first kappa shape index (κ1) is 31.6. The molecule has 7 rings (SSSR count). The van der Waals surface area contributed by atoms with Crippen LogP contribution in [-0.4, -0.2) is 70.5 Å². The zero-order valence-corrected chi connectivity index (χ0v) is 27.4. The lowest BCUT2D eigenvalue weighted by atomic mass is 9.91. The van der Waals surface area contributed by atoms with E-state index in [0.717, 1.165) is 79.1 Å². The zero-order chi connectivity index (χ0) is 32.2. The molecule has 2 fully saturated rings. The molecule has 3 aliphatic rings. The number of halogens is 2. The Morgan fingerprint density at radius 2 is 1.62 bits per heavy atom. The van der Waals surface area contributed by atoms with Gasteiger partial charge in [-0.15, -0.1) is 0 Å². The second-order valence-electron chi connectivity index (χ2n) is 12.8. The number of fused-ring (bicyclic) bond motifs is 3. The van der Waals surface area contributed by atoms with E-state index in [1.165, 1.54) is 38.4 Å². The van der Waals surface area contributed by atoms with Crippen LogP contribution in [0.25, 0.3) is 11.3 Å². The highest BCUT2D eigenvalue weighted by Gasteiger charge is 2.25. The average Bonchev–Trinajstić information content (AvgIpc) is 3.43. The second-order valence-corrected chi connectivity index (χ2v) is 13.3. The monoisotopic (exact) mass is 650 g/mol. The summed E-state index contributed by atoms with van der Waals surface area (Å²) >= 11 is 6.41. The average molecular weight is 651 g/mol. The zero-order valence-electron chi connectivity index (χ0n) is 26.6. The molecule has 0 aliphatic carbocycles. The van der Waals surface area contributed by atoms with Gasteiger partial charge in [-0.3, -0.25) is 9.79 Å². The summed E-state index contributed by atoms with van der Waals surface area (Å²) in [6.45, 7) is 7.08. The summed E-state index contributed by atoms with van der Waals surface area (Å²) in [7, 11) is 0. The first-order chi connectivity index (χ1) is 23.0. The highest BCUT2D eigenvalue weighted by molar-refractivity contribution is 6.31. The molecule has 7 nitrogen and oxygen atoms in total.